The molecule has 0 amide bonds. The first-order chi connectivity index (χ1) is 12.1. The van der Waals surface area contributed by atoms with Gasteiger partial charge in [0, 0.05) is 24.7 Å². The maximum atomic E-state index is 13.3. The van der Waals surface area contributed by atoms with Crippen molar-refractivity contribution in [1.82, 2.24) is 34.1 Å². The van der Waals surface area contributed by atoms with Crippen molar-refractivity contribution in [1.29, 1.82) is 0 Å². The number of pyridine rings is 2. The monoisotopic (exact) mass is 341 g/mol. The number of rotatable bonds is 3. The van der Waals surface area contributed by atoms with Crippen molar-refractivity contribution < 1.29 is 9.13 Å². The maximum absolute atomic E-state index is 13.3. The lowest BCUT2D eigenvalue weighted by molar-refractivity contribution is 0.362. The molecule has 126 valence electrons. The predicted molar refractivity (Wildman–Crippen MR) is 85.5 cm³/mol. The highest BCUT2D eigenvalue weighted by atomic mass is 19.1. The minimum Gasteiger partial charge on any atom is -0.467 e. The third kappa shape index (κ3) is 2.43. The number of methoxy groups -OCH3 is 1. The van der Waals surface area contributed by atoms with Crippen LogP contribution in [0.4, 0.5) is 4.39 Å². The van der Waals surface area contributed by atoms with Crippen LogP contribution in [0.5, 0.6) is 6.01 Å². The summed E-state index contributed by atoms with van der Waals surface area (Å²) >= 11 is 0. The summed E-state index contributed by atoms with van der Waals surface area (Å²) in [7, 11) is 2.98. The maximum Gasteiger partial charge on any atom is 0.354 e. The molecule has 0 saturated heterocycles. The predicted octanol–water partition coefficient (Wildman–Crippen LogP) is 0.848. The quantitative estimate of drug-likeness (QED) is 0.548. The Kier molecular flexibility index (Phi) is 3.31. The highest BCUT2D eigenvalue weighted by Crippen LogP contribution is 2.17. The Labute approximate surface area is 139 Å². The summed E-state index contributed by atoms with van der Waals surface area (Å²) in [4.78, 5) is 20.2. The molecule has 0 aliphatic carbocycles. The van der Waals surface area contributed by atoms with Gasteiger partial charge in [0.1, 0.15) is 11.3 Å². The molecule has 0 atom stereocenters. The van der Waals surface area contributed by atoms with Crippen molar-refractivity contribution in [2.45, 2.75) is 0 Å². The molecule has 0 fully saturated rings. The Morgan fingerprint density at radius 1 is 1.16 bits per heavy atom. The number of hydrogen-bond donors (Lipinski definition) is 0. The molecule has 9 nitrogen and oxygen atoms in total. The van der Waals surface area contributed by atoms with E-state index in [1.54, 1.807) is 19.3 Å². The van der Waals surface area contributed by atoms with Crippen molar-refractivity contribution in [2.24, 2.45) is 7.05 Å². The summed E-state index contributed by atoms with van der Waals surface area (Å²) < 4.78 is 22.3. The molecule has 4 heterocycles. The lowest BCUT2D eigenvalue weighted by atomic mass is 10.3. The molecule has 0 spiro atoms. The third-order valence-corrected chi connectivity index (χ3v) is 3.67. The van der Waals surface area contributed by atoms with Crippen molar-refractivity contribution in [2.75, 3.05) is 7.11 Å². The van der Waals surface area contributed by atoms with Crippen LogP contribution in [0.2, 0.25) is 0 Å². The number of fused-ring (bicyclic) bond motifs is 1. The fourth-order valence-electron chi connectivity index (χ4n) is 2.44. The van der Waals surface area contributed by atoms with Gasteiger partial charge >= 0.3 is 11.7 Å². The van der Waals surface area contributed by atoms with Gasteiger partial charge in [0.25, 0.3) is 0 Å². The Morgan fingerprint density at radius 2 is 2.00 bits per heavy atom. The van der Waals surface area contributed by atoms with Crippen molar-refractivity contribution in [3.8, 4) is 17.5 Å². The SMILES string of the molecule is COc1nn(-c2cc3cn(-c4cncc(F)c4)nc3cn2)c(=O)n1C. The molecule has 0 saturated carbocycles. The molecule has 4 rings (SSSR count). The van der Waals surface area contributed by atoms with E-state index in [1.807, 2.05) is 0 Å². The summed E-state index contributed by atoms with van der Waals surface area (Å²) in [6.45, 7) is 0. The Hall–Kier alpha value is -3.56. The van der Waals surface area contributed by atoms with Gasteiger partial charge in [-0.15, -0.1) is 5.10 Å². The smallest absolute Gasteiger partial charge is 0.354 e. The second kappa shape index (κ2) is 5.51. The number of hydrogen-bond acceptors (Lipinski definition) is 6. The van der Waals surface area contributed by atoms with Crippen LogP contribution >= 0.6 is 0 Å². The van der Waals surface area contributed by atoms with Gasteiger partial charge in [-0.1, -0.05) is 0 Å². The van der Waals surface area contributed by atoms with E-state index in [9.17, 15) is 9.18 Å². The van der Waals surface area contributed by atoms with Gasteiger partial charge in [0.15, 0.2) is 5.82 Å². The van der Waals surface area contributed by atoms with E-state index in [4.69, 9.17) is 4.74 Å². The number of nitrogens with zero attached hydrogens (tertiary/aromatic N) is 7. The van der Waals surface area contributed by atoms with Gasteiger partial charge in [-0.05, 0) is 6.07 Å². The van der Waals surface area contributed by atoms with Crippen LogP contribution in [0.1, 0.15) is 0 Å². The third-order valence-electron chi connectivity index (χ3n) is 3.67. The topological polar surface area (TPSA) is 92.7 Å². The lowest BCUT2D eigenvalue weighted by Gasteiger charge is -1.98. The van der Waals surface area contributed by atoms with Crippen molar-refractivity contribution in [3.05, 3.63) is 53.2 Å². The first kappa shape index (κ1) is 15.0. The van der Waals surface area contributed by atoms with E-state index in [2.05, 4.69) is 20.2 Å². The van der Waals surface area contributed by atoms with Crippen molar-refractivity contribution >= 4 is 10.9 Å². The fourth-order valence-corrected chi connectivity index (χ4v) is 2.44. The highest BCUT2D eigenvalue weighted by molar-refractivity contribution is 5.79. The van der Waals surface area contributed by atoms with E-state index in [0.717, 1.165) is 10.9 Å². The van der Waals surface area contributed by atoms with E-state index in [0.29, 0.717) is 22.4 Å². The number of ether oxygens (including phenoxy) is 1. The second-order valence-corrected chi connectivity index (χ2v) is 5.28. The second-order valence-electron chi connectivity index (χ2n) is 5.28. The summed E-state index contributed by atoms with van der Waals surface area (Å²) in [6.07, 6.45) is 5.83. The van der Waals surface area contributed by atoms with Crippen molar-refractivity contribution in [3.63, 3.8) is 0 Å². The molecular weight excluding hydrogens is 329 g/mol. The molecule has 4 aromatic heterocycles. The Balaban J connectivity index is 1.82. The zero-order valence-corrected chi connectivity index (χ0v) is 13.3. The molecule has 25 heavy (non-hydrogen) atoms. The molecular formula is C15H12FN7O2. The van der Waals surface area contributed by atoms with Crippen LogP contribution in [0.25, 0.3) is 22.4 Å². The van der Waals surface area contributed by atoms with Gasteiger partial charge < -0.3 is 4.74 Å². The van der Waals surface area contributed by atoms with Gasteiger partial charge in [0.05, 0.1) is 31.4 Å². The zero-order valence-electron chi connectivity index (χ0n) is 13.3. The lowest BCUT2D eigenvalue weighted by Crippen LogP contribution is -2.22. The number of aromatic nitrogens is 7. The fraction of sp³-hybridized carbons (Fsp3) is 0.133. The number of halogens is 1. The standard InChI is InChI=1S/C15H12FN7O2/c1-21-14(25-2)20-23(15(21)24)13-3-9-8-22(19-12(9)7-18-13)11-4-10(16)5-17-6-11/h3-8H,1-2H3. The average Bonchev–Trinajstić information content (AvgIpc) is 3.16. The normalized spacial score (nSPS) is 11.2. The van der Waals surface area contributed by atoms with Gasteiger partial charge in [-0.25, -0.2) is 23.4 Å². The molecule has 4 aromatic rings. The van der Waals surface area contributed by atoms with E-state index >= 15 is 0 Å². The van der Waals surface area contributed by atoms with Gasteiger partial charge in [-0.3, -0.25) is 4.98 Å². The summed E-state index contributed by atoms with van der Waals surface area (Å²) in [5, 5.41) is 9.12. The first-order valence-corrected chi connectivity index (χ1v) is 7.23. The largest absolute Gasteiger partial charge is 0.467 e. The molecule has 0 aliphatic rings. The molecule has 0 unspecified atom stereocenters. The molecule has 0 N–H and O–H groups in total. The van der Waals surface area contributed by atoms with E-state index in [-0.39, 0.29) is 11.7 Å². The van der Waals surface area contributed by atoms with Gasteiger partial charge in [0.2, 0.25) is 0 Å². The van der Waals surface area contributed by atoms with Crippen LogP contribution in [0.3, 0.4) is 0 Å². The first-order valence-electron chi connectivity index (χ1n) is 7.23. The van der Waals surface area contributed by atoms with Gasteiger partial charge in [-0.2, -0.15) is 9.78 Å². The minimum atomic E-state index is -0.456. The van der Waals surface area contributed by atoms with Crippen LogP contribution in [0.15, 0.2) is 41.7 Å². The van der Waals surface area contributed by atoms with Crippen LogP contribution < -0.4 is 10.4 Å². The van der Waals surface area contributed by atoms with Crippen LogP contribution in [-0.4, -0.2) is 41.2 Å². The summed E-state index contributed by atoms with van der Waals surface area (Å²) in [5.74, 6) is -0.128. The molecule has 0 aliphatic heterocycles. The highest BCUT2D eigenvalue weighted by Gasteiger charge is 2.14. The van der Waals surface area contributed by atoms with Crippen LogP contribution in [0, 0.1) is 5.82 Å². The minimum absolute atomic E-state index is 0.174. The average molecular weight is 341 g/mol. The zero-order chi connectivity index (χ0) is 17.6. The molecule has 0 bridgehead atoms. The van der Waals surface area contributed by atoms with E-state index < -0.39 is 5.82 Å². The molecule has 0 radical (unpaired) electrons. The van der Waals surface area contributed by atoms with Crippen LogP contribution in [-0.2, 0) is 7.05 Å². The molecule has 0 aromatic carbocycles. The Bertz CT molecular complexity index is 1140. The Morgan fingerprint density at radius 3 is 2.72 bits per heavy atom. The van der Waals surface area contributed by atoms with E-state index in [1.165, 1.54) is 34.8 Å². The summed E-state index contributed by atoms with van der Waals surface area (Å²) in [6, 6.07) is 3.16. The molecule has 10 heteroatoms. The summed E-state index contributed by atoms with van der Waals surface area (Å²) in [5.41, 5.74) is 0.684.